The van der Waals surface area contributed by atoms with E-state index in [1.165, 1.54) is 41.3 Å². The van der Waals surface area contributed by atoms with Gasteiger partial charge >= 0.3 is 6.18 Å². The third kappa shape index (κ3) is 5.59. The molecule has 0 spiro atoms. The van der Waals surface area contributed by atoms with Gasteiger partial charge in [0.2, 0.25) is 5.88 Å². The zero-order valence-corrected chi connectivity index (χ0v) is 15.4. The minimum Gasteiger partial charge on any atom is -0.483 e. The molecule has 2 aromatic heterocycles. The summed E-state index contributed by atoms with van der Waals surface area (Å²) in [5, 5.41) is 22.7. The molecular formula is C18H15ClF3N3O4. The summed E-state index contributed by atoms with van der Waals surface area (Å²) in [6, 6.07) is 8.78. The second-order valence-corrected chi connectivity index (χ2v) is 6.27. The molecule has 0 saturated heterocycles. The van der Waals surface area contributed by atoms with Gasteiger partial charge in [-0.3, -0.25) is 0 Å². The average molecular weight is 430 g/mol. The van der Waals surface area contributed by atoms with Crippen molar-refractivity contribution in [1.82, 2.24) is 14.8 Å². The summed E-state index contributed by atoms with van der Waals surface area (Å²) in [6.07, 6.45) is -3.30. The molecule has 0 radical (unpaired) electrons. The lowest BCUT2D eigenvalue weighted by molar-refractivity contribution is -0.153. The number of hydrogen-bond acceptors (Lipinski definition) is 6. The van der Waals surface area contributed by atoms with Gasteiger partial charge in [-0.05, 0) is 29.8 Å². The Hall–Kier alpha value is -2.82. The normalized spacial score (nSPS) is 11.7. The van der Waals surface area contributed by atoms with Crippen molar-refractivity contribution in [3.8, 4) is 17.4 Å². The summed E-state index contributed by atoms with van der Waals surface area (Å²) in [6.45, 7) is -1.46. The molecule has 2 N–H and O–H groups in total. The van der Waals surface area contributed by atoms with E-state index in [9.17, 15) is 23.4 Å². The number of alkyl halides is 3. The monoisotopic (exact) mass is 429 g/mol. The number of halogens is 4. The Morgan fingerprint density at radius 1 is 1.07 bits per heavy atom. The zero-order chi connectivity index (χ0) is 21.0. The zero-order valence-electron chi connectivity index (χ0n) is 14.7. The van der Waals surface area contributed by atoms with E-state index in [0.29, 0.717) is 11.4 Å². The van der Waals surface area contributed by atoms with E-state index in [4.69, 9.17) is 21.1 Å². The number of aliphatic hydroxyl groups is 2. The standard InChI is InChI=1S/C18H15ClF3N3O4/c19-13-2-1-11(7-14(13)29-10-18(20,21)22)9-28-16-4-6-24-25(16)15-8-12(17(26)27)3-5-23-15/h1-8,17,26-27H,9-10H2. The SMILES string of the molecule is OC(O)c1ccnc(-n2nccc2OCc2ccc(Cl)c(OCC(F)(F)F)c2)c1. The van der Waals surface area contributed by atoms with Crippen LogP contribution in [0.15, 0.2) is 48.8 Å². The Kier molecular flexibility index (Phi) is 6.26. The highest BCUT2D eigenvalue weighted by molar-refractivity contribution is 6.32. The molecule has 0 unspecified atom stereocenters. The van der Waals surface area contributed by atoms with Gasteiger partial charge in [0.25, 0.3) is 0 Å². The van der Waals surface area contributed by atoms with Crippen LogP contribution in [-0.2, 0) is 6.61 Å². The van der Waals surface area contributed by atoms with Crippen LogP contribution < -0.4 is 9.47 Å². The fourth-order valence-corrected chi connectivity index (χ4v) is 2.52. The van der Waals surface area contributed by atoms with Crippen LogP contribution in [0, 0.1) is 0 Å². The molecule has 1 aromatic carbocycles. The lowest BCUT2D eigenvalue weighted by Gasteiger charge is -2.13. The number of benzene rings is 1. The second kappa shape index (κ2) is 8.68. The highest BCUT2D eigenvalue weighted by Gasteiger charge is 2.28. The van der Waals surface area contributed by atoms with Crippen LogP contribution in [0.5, 0.6) is 11.6 Å². The third-order valence-corrected chi connectivity index (χ3v) is 3.98. The van der Waals surface area contributed by atoms with Crippen molar-refractivity contribution in [3.05, 3.63) is 64.9 Å². The van der Waals surface area contributed by atoms with Crippen LogP contribution in [-0.4, -0.2) is 37.8 Å². The molecule has 0 aliphatic carbocycles. The van der Waals surface area contributed by atoms with Gasteiger partial charge in [0.1, 0.15) is 12.4 Å². The molecule has 0 aliphatic heterocycles. The largest absolute Gasteiger partial charge is 0.483 e. The van der Waals surface area contributed by atoms with Gasteiger partial charge in [-0.25, -0.2) is 4.98 Å². The topological polar surface area (TPSA) is 89.6 Å². The van der Waals surface area contributed by atoms with Gasteiger partial charge in [-0.1, -0.05) is 17.7 Å². The van der Waals surface area contributed by atoms with E-state index in [2.05, 4.69) is 10.1 Å². The minimum atomic E-state index is -4.48. The van der Waals surface area contributed by atoms with Crippen LogP contribution in [0.3, 0.4) is 0 Å². The molecule has 0 atom stereocenters. The van der Waals surface area contributed by atoms with Crippen LogP contribution in [0.1, 0.15) is 17.4 Å². The van der Waals surface area contributed by atoms with Crippen molar-refractivity contribution < 1.29 is 32.9 Å². The highest BCUT2D eigenvalue weighted by atomic mass is 35.5. The van der Waals surface area contributed by atoms with Crippen LogP contribution in [0.2, 0.25) is 5.02 Å². The molecule has 154 valence electrons. The molecule has 0 fully saturated rings. The number of hydrogen-bond donors (Lipinski definition) is 2. The van der Waals surface area contributed by atoms with Crippen molar-refractivity contribution in [2.45, 2.75) is 19.1 Å². The summed E-state index contributed by atoms with van der Waals surface area (Å²) in [5.41, 5.74) is 0.743. The first-order valence-electron chi connectivity index (χ1n) is 8.20. The molecule has 0 bridgehead atoms. The number of pyridine rings is 1. The van der Waals surface area contributed by atoms with Crippen molar-refractivity contribution in [3.63, 3.8) is 0 Å². The molecule has 0 amide bonds. The molecule has 0 aliphatic rings. The predicted molar refractivity (Wildman–Crippen MR) is 95.9 cm³/mol. The van der Waals surface area contributed by atoms with E-state index >= 15 is 0 Å². The molecule has 7 nitrogen and oxygen atoms in total. The quantitative estimate of drug-likeness (QED) is 0.559. The Bertz CT molecular complexity index is 979. The smallest absolute Gasteiger partial charge is 0.422 e. The van der Waals surface area contributed by atoms with Gasteiger partial charge in [-0.15, -0.1) is 0 Å². The number of nitrogens with zero attached hydrogens (tertiary/aromatic N) is 3. The number of aromatic nitrogens is 3. The Morgan fingerprint density at radius 3 is 2.59 bits per heavy atom. The van der Waals surface area contributed by atoms with Crippen molar-refractivity contribution in [1.29, 1.82) is 0 Å². The molecule has 2 heterocycles. The molecular weight excluding hydrogens is 415 g/mol. The van der Waals surface area contributed by atoms with E-state index in [-0.39, 0.29) is 28.8 Å². The predicted octanol–water partition coefficient (Wildman–Crippen LogP) is 3.42. The van der Waals surface area contributed by atoms with Gasteiger partial charge in [0, 0.05) is 17.8 Å². The first-order valence-corrected chi connectivity index (χ1v) is 8.58. The maximum absolute atomic E-state index is 12.4. The number of ether oxygens (including phenoxy) is 2. The summed E-state index contributed by atoms with van der Waals surface area (Å²) in [4.78, 5) is 4.11. The fraction of sp³-hybridized carbons (Fsp3) is 0.222. The maximum atomic E-state index is 12.4. The van der Waals surface area contributed by atoms with Crippen LogP contribution in [0.4, 0.5) is 13.2 Å². The van der Waals surface area contributed by atoms with E-state index in [0.717, 1.165) is 0 Å². The van der Waals surface area contributed by atoms with E-state index < -0.39 is 19.1 Å². The van der Waals surface area contributed by atoms with Crippen molar-refractivity contribution >= 4 is 11.6 Å². The minimum absolute atomic E-state index is 0.00639. The highest BCUT2D eigenvalue weighted by Crippen LogP contribution is 2.28. The van der Waals surface area contributed by atoms with Gasteiger partial charge in [0.15, 0.2) is 18.7 Å². The lowest BCUT2D eigenvalue weighted by Crippen LogP contribution is -2.19. The molecule has 3 aromatic rings. The third-order valence-electron chi connectivity index (χ3n) is 3.67. The van der Waals surface area contributed by atoms with Crippen LogP contribution >= 0.6 is 11.6 Å². The molecule has 0 saturated carbocycles. The van der Waals surface area contributed by atoms with E-state index in [1.807, 2.05) is 0 Å². The second-order valence-electron chi connectivity index (χ2n) is 5.86. The first kappa shape index (κ1) is 20.9. The van der Waals surface area contributed by atoms with Gasteiger partial charge in [0.05, 0.1) is 11.2 Å². The summed E-state index contributed by atoms with van der Waals surface area (Å²) in [7, 11) is 0. The van der Waals surface area contributed by atoms with Crippen molar-refractivity contribution in [2.75, 3.05) is 6.61 Å². The Labute approximate surface area is 167 Å². The average Bonchev–Trinajstić information content (AvgIpc) is 3.14. The summed E-state index contributed by atoms with van der Waals surface area (Å²) in [5.74, 6) is 0.473. The maximum Gasteiger partial charge on any atom is 0.422 e. The van der Waals surface area contributed by atoms with Gasteiger partial charge in [-0.2, -0.15) is 23.0 Å². The van der Waals surface area contributed by atoms with E-state index in [1.54, 1.807) is 12.1 Å². The molecule has 11 heteroatoms. The number of aliphatic hydroxyl groups excluding tert-OH is 1. The summed E-state index contributed by atoms with van der Waals surface area (Å²) < 4.78 is 48.8. The van der Waals surface area contributed by atoms with Crippen LogP contribution in [0.25, 0.3) is 5.82 Å². The van der Waals surface area contributed by atoms with Crippen molar-refractivity contribution in [2.24, 2.45) is 0 Å². The fourth-order valence-electron chi connectivity index (χ4n) is 2.35. The van der Waals surface area contributed by atoms with Gasteiger partial charge < -0.3 is 19.7 Å². The summed E-state index contributed by atoms with van der Waals surface area (Å²) >= 11 is 5.87. The first-order chi connectivity index (χ1) is 13.7. The molecule has 29 heavy (non-hydrogen) atoms. The molecule has 3 rings (SSSR count). The Morgan fingerprint density at radius 2 is 1.86 bits per heavy atom. The lowest BCUT2D eigenvalue weighted by atomic mass is 10.2. The number of rotatable bonds is 7. The Balaban J connectivity index is 1.73.